The number of H-pyrrole nitrogens is 1. The summed E-state index contributed by atoms with van der Waals surface area (Å²) in [5, 5.41) is 15.6. The minimum absolute atomic E-state index is 0.0949. The Hall–Kier alpha value is -6.47. The number of halogens is 2. The Kier molecular flexibility index (Phi) is 13.9. The zero-order valence-corrected chi connectivity index (χ0v) is 43.2. The zero-order chi connectivity index (χ0) is 52.1. The van der Waals surface area contributed by atoms with E-state index in [1.807, 2.05) is 9.62 Å². The fraction of sp³-hybridized carbons (Fsp3) is 0.439. The average Bonchev–Trinajstić information content (AvgIpc) is 4.15. The molecule has 1 spiro atoms. The topological polar surface area (TPSA) is 175 Å². The second-order valence-electron chi connectivity index (χ2n) is 21.8. The summed E-state index contributed by atoms with van der Waals surface area (Å²) in [5.74, 6) is -0.707. The Morgan fingerprint density at radius 1 is 0.960 bits per heavy atom. The van der Waals surface area contributed by atoms with Crippen molar-refractivity contribution in [2.24, 2.45) is 5.41 Å². The van der Waals surface area contributed by atoms with E-state index in [9.17, 15) is 23.3 Å². The van der Waals surface area contributed by atoms with Gasteiger partial charge < -0.3 is 24.7 Å². The lowest BCUT2D eigenvalue weighted by Crippen LogP contribution is -2.60. The smallest absolute Gasteiger partial charge is 0.293 e. The first-order chi connectivity index (χ1) is 36.1. The molecule has 0 unspecified atom stereocenters. The molecule has 2 saturated carbocycles. The molecule has 5 heterocycles. The number of aromatic nitrogens is 2. The van der Waals surface area contributed by atoms with Gasteiger partial charge in [-0.1, -0.05) is 62.4 Å². The van der Waals surface area contributed by atoms with Crippen LogP contribution in [-0.4, -0.2) is 103 Å². The van der Waals surface area contributed by atoms with Crippen molar-refractivity contribution in [2.75, 3.05) is 62.7 Å². The second-order valence-corrected chi connectivity index (χ2v) is 23.5. The van der Waals surface area contributed by atoms with Crippen LogP contribution in [0.4, 0.5) is 25.8 Å². The van der Waals surface area contributed by atoms with Gasteiger partial charge in [0.25, 0.3) is 21.6 Å². The third kappa shape index (κ3) is 10.8. The largest absolute Gasteiger partial charge is 0.455 e. The molecule has 5 aliphatic rings. The summed E-state index contributed by atoms with van der Waals surface area (Å²) in [6.07, 6.45) is 9.76. The molecular formula is C57H64F2N8O7S. The van der Waals surface area contributed by atoms with Crippen molar-refractivity contribution < 1.29 is 36.4 Å². The maximum atomic E-state index is 16.6. The Morgan fingerprint density at radius 3 is 2.45 bits per heavy atom. The number of hydrogen-bond donors (Lipinski definition) is 3. The molecule has 75 heavy (non-hydrogen) atoms. The average molecular weight is 1040 g/mol. The number of amides is 1. The minimum Gasteiger partial charge on any atom is -0.455 e. The van der Waals surface area contributed by atoms with Crippen molar-refractivity contribution in [1.29, 1.82) is 0 Å². The van der Waals surface area contributed by atoms with Gasteiger partial charge in [0.05, 0.1) is 27.3 Å². The molecule has 0 radical (unpaired) electrons. The number of carbonyl (C=O) groups excluding carboxylic acids is 1. The van der Waals surface area contributed by atoms with Gasteiger partial charge >= 0.3 is 0 Å². The molecule has 3 saturated heterocycles. The highest BCUT2D eigenvalue weighted by atomic mass is 32.2. The van der Waals surface area contributed by atoms with Crippen molar-refractivity contribution in [1.82, 2.24) is 24.5 Å². The lowest BCUT2D eigenvalue weighted by molar-refractivity contribution is -0.384. The van der Waals surface area contributed by atoms with E-state index in [0.717, 1.165) is 82.0 Å². The number of rotatable bonds is 16. The Morgan fingerprint density at radius 2 is 1.72 bits per heavy atom. The van der Waals surface area contributed by atoms with Crippen LogP contribution in [0, 0.1) is 21.3 Å². The van der Waals surface area contributed by atoms with Crippen LogP contribution in [0.1, 0.15) is 116 Å². The van der Waals surface area contributed by atoms with E-state index in [1.54, 1.807) is 18.3 Å². The highest BCUT2D eigenvalue weighted by Gasteiger charge is 2.50. The van der Waals surface area contributed by atoms with Gasteiger partial charge in [-0.3, -0.25) is 24.7 Å². The summed E-state index contributed by atoms with van der Waals surface area (Å²) in [4.78, 5) is 39.6. The number of aromatic amines is 1. The minimum atomic E-state index is -4.78. The first kappa shape index (κ1) is 50.7. The molecule has 4 aromatic carbocycles. The zero-order valence-electron chi connectivity index (χ0n) is 42.4. The van der Waals surface area contributed by atoms with Crippen LogP contribution < -0.4 is 19.7 Å². The number of sulfonamides is 1. The number of ether oxygens (including phenoxy) is 2. The van der Waals surface area contributed by atoms with Gasteiger partial charge in [0.15, 0.2) is 0 Å². The van der Waals surface area contributed by atoms with Gasteiger partial charge in [-0.05, 0) is 108 Å². The predicted octanol–water partition coefficient (Wildman–Crippen LogP) is 10.8. The number of anilines is 2. The second kappa shape index (κ2) is 20.6. The number of hydrogen-bond acceptors (Lipinski definition) is 12. The number of benzene rings is 4. The lowest BCUT2D eigenvalue weighted by Gasteiger charge is -2.58. The number of pyridine rings is 1. The molecule has 5 fully saturated rings. The van der Waals surface area contributed by atoms with E-state index in [1.165, 1.54) is 47.4 Å². The van der Waals surface area contributed by atoms with Crippen LogP contribution in [0.5, 0.6) is 11.5 Å². The quantitative estimate of drug-likeness (QED) is 0.0619. The summed E-state index contributed by atoms with van der Waals surface area (Å²) < 4.78 is 73.0. The number of nitrogens with zero attached hydrogens (tertiary/aromatic N) is 5. The van der Waals surface area contributed by atoms with Crippen LogP contribution in [0.3, 0.4) is 0 Å². The first-order valence-electron chi connectivity index (χ1n) is 26.3. The van der Waals surface area contributed by atoms with E-state index in [0.29, 0.717) is 36.1 Å². The summed E-state index contributed by atoms with van der Waals surface area (Å²) in [5.41, 5.74) is 3.73. The first-order valence-corrected chi connectivity index (χ1v) is 27.8. The maximum Gasteiger partial charge on any atom is 0.293 e. The molecule has 1 atom stereocenters. The third-order valence-electron chi connectivity index (χ3n) is 16.5. The van der Waals surface area contributed by atoms with Crippen LogP contribution in [0.2, 0.25) is 0 Å². The van der Waals surface area contributed by atoms with E-state index in [4.69, 9.17) is 9.47 Å². The summed E-state index contributed by atoms with van der Waals surface area (Å²) >= 11 is 0. The number of nitro groups is 1. The molecule has 11 rings (SSSR count). The van der Waals surface area contributed by atoms with Gasteiger partial charge in [-0.2, -0.15) is 0 Å². The van der Waals surface area contributed by atoms with E-state index in [-0.39, 0.29) is 66.9 Å². The van der Waals surface area contributed by atoms with Gasteiger partial charge in [-0.25, -0.2) is 26.9 Å². The Balaban J connectivity index is 0.794. The number of alkyl halides is 1. The Labute approximate surface area is 436 Å². The normalized spacial score (nSPS) is 20.3. The van der Waals surface area contributed by atoms with E-state index < -0.39 is 48.5 Å². The number of nitro benzene ring substituents is 1. The SMILES string of the molecule is CC(C)c1ccccc1[C@@H]1CN(Cc2ccc(C3CC3)cc2)CCN1C1CC2(CCN(c3cc(Oc4cnc5[nH]ccc5c4)c(C(=O)NS(=O)(=O)c4ccc(NCC5(F)CCOCC5)c([N+](=O)[O-])c4)cc3F)CC2)C1. The van der Waals surface area contributed by atoms with Gasteiger partial charge in [-0.15, -0.1) is 0 Å². The van der Waals surface area contributed by atoms with Gasteiger partial charge in [0, 0.05) is 108 Å². The van der Waals surface area contributed by atoms with Crippen LogP contribution in [-0.2, 0) is 21.3 Å². The Bertz CT molecular complexity index is 3200. The van der Waals surface area contributed by atoms with Crippen molar-refractivity contribution in [3.8, 4) is 11.5 Å². The maximum absolute atomic E-state index is 16.6. The molecule has 6 aromatic rings. The molecule has 3 aliphatic heterocycles. The third-order valence-corrected chi connectivity index (χ3v) is 17.8. The summed E-state index contributed by atoms with van der Waals surface area (Å²) in [6.45, 7) is 9.71. The number of nitrogens with one attached hydrogen (secondary N) is 3. The van der Waals surface area contributed by atoms with Crippen molar-refractivity contribution in [3.05, 3.63) is 147 Å². The molecule has 3 N–H and O–H groups in total. The van der Waals surface area contributed by atoms with Crippen molar-refractivity contribution >= 4 is 44.0 Å². The fourth-order valence-corrected chi connectivity index (χ4v) is 12.9. The number of carbonyl (C=O) groups is 1. The van der Waals surface area contributed by atoms with Gasteiger partial charge in [0.1, 0.15) is 34.3 Å². The molecule has 1 amide bonds. The standard InChI is InChI=1S/C57H64F2N8O7S/c1-37(2)45-5-3-4-6-46(45)52-35-64(34-38-7-9-39(10-8-38)40-11-12-40)23-24-66(52)42-31-56(32-42)16-21-65(22-17-56)50-30-53(74-43-27-41-15-20-60-54(41)61-33-43)47(29-48(50)58)55(68)63-75(71,72)44-13-14-49(51(28-44)67(69)70)62-36-57(59)18-25-73-26-19-57/h3-10,13-15,20,27-30,33,37,40,42,52,62H,11-12,16-19,21-26,31-32,34-36H2,1-2H3,(H,60,61)(H,63,68)/t52-/m0/s1. The predicted molar refractivity (Wildman–Crippen MR) is 283 cm³/mol. The summed E-state index contributed by atoms with van der Waals surface area (Å²) in [6, 6.07) is 27.8. The molecule has 18 heteroatoms. The fourth-order valence-electron chi connectivity index (χ4n) is 12.0. The molecule has 2 aliphatic carbocycles. The van der Waals surface area contributed by atoms with Gasteiger partial charge in [0.2, 0.25) is 0 Å². The molecule has 394 valence electrons. The number of piperidine rings is 1. The summed E-state index contributed by atoms with van der Waals surface area (Å²) in [7, 11) is -4.78. The van der Waals surface area contributed by atoms with Crippen molar-refractivity contribution in [2.45, 2.75) is 106 Å². The molecule has 0 bridgehead atoms. The highest BCUT2D eigenvalue weighted by molar-refractivity contribution is 7.90. The van der Waals surface area contributed by atoms with E-state index in [2.05, 4.69) is 87.5 Å². The van der Waals surface area contributed by atoms with Crippen LogP contribution in [0.25, 0.3) is 11.0 Å². The number of piperazine rings is 1. The van der Waals surface area contributed by atoms with Crippen LogP contribution in [0.15, 0.2) is 108 Å². The monoisotopic (exact) mass is 1040 g/mol. The molecule has 15 nitrogen and oxygen atoms in total. The number of fused-ring (bicyclic) bond motifs is 1. The molecule has 2 aromatic heterocycles. The van der Waals surface area contributed by atoms with E-state index >= 15 is 8.78 Å². The highest BCUT2D eigenvalue weighted by Crippen LogP contribution is 2.54. The lowest BCUT2D eigenvalue weighted by atomic mass is 9.59. The van der Waals surface area contributed by atoms with Crippen molar-refractivity contribution in [3.63, 3.8) is 0 Å². The van der Waals surface area contributed by atoms with Crippen LogP contribution >= 0.6 is 0 Å². The molecular weight excluding hydrogens is 979 g/mol.